The number of furan rings is 1. The predicted octanol–water partition coefficient (Wildman–Crippen LogP) is 4.65. The monoisotopic (exact) mass is 435 g/mol. The van der Waals surface area contributed by atoms with Crippen molar-refractivity contribution in [2.75, 3.05) is 6.54 Å². The lowest BCUT2D eigenvalue weighted by molar-refractivity contribution is -0.134. The van der Waals surface area contributed by atoms with Crippen LogP contribution in [0.25, 0.3) is 0 Å². The molecule has 0 aliphatic carbocycles. The number of nitrogens with zero attached hydrogens (tertiary/aromatic N) is 3. The molecule has 32 heavy (non-hydrogen) atoms. The van der Waals surface area contributed by atoms with Crippen LogP contribution in [0.15, 0.2) is 65.4 Å². The van der Waals surface area contributed by atoms with E-state index in [-0.39, 0.29) is 24.4 Å². The molecule has 2 heterocycles. The zero-order valence-electron chi connectivity index (χ0n) is 19.5. The molecule has 1 atom stereocenters. The molecule has 0 aliphatic rings. The van der Waals surface area contributed by atoms with Crippen LogP contribution in [0.1, 0.15) is 54.6 Å². The third kappa shape index (κ3) is 5.69. The standard InChI is InChI=1S/C26H33N3O3/c1-5-20(3)29(26(31)22-13-11-21(6-2)12-14-22)19-25(30)28(18-24-10-8-16-32-24)17-23-9-7-15-27(23)4/h7-16,20H,5-6,17-19H2,1-4H3. The molecule has 0 saturated carbocycles. The highest BCUT2D eigenvalue weighted by molar-refractivity contribution is 5.96. The van der Waals surface area contributed by atoms with Crippen LogP contribution in [0.2, 0.25) is 0 Å². The van der Waals surface area contributed by atoms with Gasteiger partial charge in [-0.2, -0.15) is 0 Å². The maximum atomic E-state index is 13.5. The van der Waals surface area contributed by atoms with Gasteiger partial charge in [-0.05, 0) is 61.7 Å². The number of aromatic nitrogens is 1. The van der Waals surface area contributed by atoms with E-state index >= 15 is 0 Å². The van der Waals surface area contributed by atoms with E-state index in [1.54, 1.807) is 16.1 Å². The fraction of sp³-hybridized carbons (Fsp3) is 0.385. The van der Waals surface area contributed by atoms with Crippen LogP contribution < -0.4 is 0 Å². The van der Waals surface area contributed by atoms with E-state index in [0.717, 1.165) is 18.5 Å². The second-order valence-electron chi connectivity index (χ2n) is 8.18. The Balaban J connectivity index is 1.81. The van der Waals surface area contributed by atoms with Gasteiger partial charge in [0.05, 0.1) is 19.4 Å². The van der Waals surface area contributed by atoms with Gasteiger partial charge in [0.1, 0.15) is 12.3 Å². The van der Waals surface area contributed by atoms with Crippen LogP contribution in [0.5, 0.6) is 0 Å². The van der Waals surface area contributed by atoms with Crippen LogP contribution >= 0.6 is 0 Å². The van der Waals surface area contributed by atoms with Crippen molar-refractivity contribution in [1.82, 2.24) is 14.4 Å². The molecular formula is C26H33N3O3. The molecule has 1 aromatic carbocycles. The second kappa shape index (κ2) is 10.8. The average molecular weight is 436 g/mol. The minimum atomic E-state index is -0.118. The first-order chi connectivity index (χ1) is 15.4. The van der Waals surface area contributed by atoms with Crippen molar-refractivity contribution >= 4 is 11.8 Å². The molecule has 2 amide bonds. The van der Waals surface area contributed by atoms with Crippen molar-refractivity contribution in [2.24, 2.45) is 7.05 Å². The summed E-state index contributed by atoms with van der Waals surface area (Å²) >= 11 is 0. The first-order valence-electron chi connectivity index (χ1n) is 11.2. The number of amides is 2. The van der Waals surface area contributed by atoms with E-state index in [1.807, 2.05) is 80.2 Å². The summed E-state index contributed by atoms with van der Waals surface area (Å²) in [6.45, 7) is 6.91. The van der Waals surface area contributed by atoms with E-state index < -0.39 is 0 Å². The Hall–Kier alpha value is -3.28. The molecule has 0 fully saturated rings. The molecular weight excluding hydrogens is 402 g/mol. The predicted molar refractivity (Wildman–Crippen MR) is 125 cm³/mol. The largest absolute Gasteiger partial charge is 0.467 e. The van der Waals surface area contributed by atoms with Crippen molar-refractivity contribution < 1.29 is 14.0 Å². The Bertz CT molecular complexity index is 1010. The van der Waals surface area contributed by atoms with Crippen LogP contribution in [-0.4, -0.2) is 38.8 Å². The van der Waals surface area contributed by atoms with Gasteiger partial charge in [-0.15, -0.1) is 0 Å². The highest BCUT2D eigenvalue weighted by atomic mass is 16.3. The summed E-state index contributed by atoms with van der Waals surface area (Å²) in [5.41, 5.74) is 2.80. The van der Waals surface area contributed by atoms with Gasteiger partial charge in [0.15, 0.2) is 0 Å². The van der Waals surface area contributed by atoms with Gasteiger partial charge >= 0.3 is 0 Å². The fourth-order valence-corrected chi connectivity index (χ4v) is 3.62. The summed E-state index contributed by atoms with van der Waals surface area (Å²) in [6, 6.07) is 15.2. The van der Waals surface area contributed by atoms with E-state index in [1.165, 1.54) is 5.56 Å². The number of hydrogen-bond donors (Lipinski definition) is 0. The minimum Gasteiger partial charge on any atom is -0.467 e. The molecule has 6 nitrogen and oxygen atoms in total. The van der Waals surface area contributed by atoms with E-state index in [0.29, 0.717) is 24.4 Å². The van der Waals surface area contributed by atoms with Gasteiger partial charge in [-0.3, -0.25) is 9.59 Å². The number of hydrogen-bond acceptors (Lipinski definition) is 3. The summed E-state index contributed by atoms with van der Waals surface area (Å²) in [5.74, 6) is 0.484. The number of carbonyl (C=O) groups excluding carboxylic acids is 2. The SMILES string of the molecule is CCc1ccc(C(=O)N(CC(=O)N(Cc2ccco2)Cc2cccn2C)C(C)CC)cc1. The summed E-state index contributed by atoms with van der Waals surface area (Å²) in [6.07, 6.45) is 5.25. The molecule has 0 saturated heterocycles. The van der Waals surface area contributed by atoms with Crippen LogP contribution in [0, 0.1) is 0 Å². The summed E-state index contributed by atoms with van der Waals surface area (Å²) < 4.78 is 7.49. The lowest BCUT2D eigenvalue weighted by Gasteiger charge is -2.31. The van der Waals surface area contributed by atoms with Gasteiger partial charge in [-0.25, -0.2) is 0 Å². The van der Waals surface area contributed by atoms with Crippen molar-refractivity contribution in [2.45, 2.75) is 52.7 Å². The van der Waals surface area contributed by atoms with Gasteiger partial charge in [0, 0.05) is 30.5 Å². The first-order valence-corrected chi connectivity index (χ1v) is 11.2. The maximum Gasteiger partial charge on any atom is 0.254 e. The maximum absolute atomic E-state index is 13.5. The molecule has 0 aliphatic heterocycles. The van der Waals surface area contributed by atoms with E-state index in [2.05, 4.69) is 6.92 Å². The third-order valence-electron chi connectivity index (χ3n) is 5.98. The van der Waals surface area contributed by atoms with Crippen LogP contribution in [-0.2, 0) is 31.4 Å². The van der Waals surface area contributed by atoms with Crippen molar-refractivity contribution in [3.63, 3.8) is 0 Å². The van der Waals surface area contributed by atoms with Gasteiger partial charge < -0.3 is 18.8 Å². The molecule has 170 valence electrons. The van der Waals surface area contributed by atoms with Crippen LogP contribution in [0.3, 0.4) is 0 Å². The molecule has 0 radical (unpaired) electrons. The zero-order chi connectivity index (χ0) is 23.1. The van der Waals surface area contributed by atoms with Crippen molar-refractivity contribution in [3.8, 4) is 0 Å². The Morgan fingerprint density at radius 3 is 2.34 bits per heavy atom. The zero-order valence-corrected chi connectivity index (χ0v) is 19.5. The molecule has 1 unspecified atom stereocenters. The normalized spacial score (nSPS) is 11.9. The summed E-state index contributed by atoms with van der Waals surface area (Å²) in [4.78, 5) is 30.2. The molecule has 3 aromatic rings. The Morgan fingerprint density at radius 2 is 1.78 bits per heavy atom. The number of carbonyl (C=O) groups is 2. The molecule has 2 aromatic heterocycles. The molecule has 3 rings (SSSR count). The van der Waals surface area contributed by atoms with Gasteiger partial charge in [0.25, 0.3) is 5.91 Å². The van der Waals surface area contributed by atoms with E-state index in [9.17, 15) is 9.59 Å². The van der Waals surface area contributed by atoms with Crippen molar-refractivity contribution in [3.05, 3.63) is 83.6 Å². The second-order valence-corrected chi connectivity index (χ2v) is 8.18. The molecule has 6 heteroatoms. The van der Waals surface area contributed by atoms with E-state index in [4.69, 9.17) is 4.42 Å². The average Bonchev–Trinajstić information content (AvgIpc) is 3.47. The third-order valence-corrected chi connectivity index (χ3v) is 5.98. The Labute approximate surface area is 190 Å². The number of aryl methyl sites for hydroxylation is 2. The lowest BCUT2D eigenvalue weighted by Crippen LogP contribution is -2.46. The smallest absolute Gasteiger partial charge is 0.254 e. The van der Waals surface area contributed by atoms with Crippen LogP contribution in [0.4, 0.5) is 0 Å². The lowest BCUT2D eigenvalue weighted by atomic mass is 10.1. The highest BCUT2D eigenvalue weighted by Gasteiger charge is 2.26. The highest BCUT2D eigenvalue weighted by Crippen LogP contribution is 2.16. The van der Waals surface area contributed by atoms with Gasteiger partial charge in [0.2, 0.25) is 5.91 Å². The Morgan fingerprint density at radius 1 is 1.03 bits per heavy atom. The van der Waals surface area contributed by atoms with Gasteiger partial charge in [-0.1, -0.05) is 26.0 Å². The fourth-order valence-electron chi connectivity index (χ4n) is 3.62. The molecule has 0 bridgehead atoms. The topological polar surface area (TPSA) is 58.7 Å². The number of rotatable bonds is 10. The first kappa shape index (κ1) is 23.4. The summed E-state index contributed by atoms with van der Waals surface area (Å²) in [5, 5.41) is 0. The molecule has 0 spiro atoms. The minimum absolute atomic E-state index is 0.0223. The van der Waals surface area contributed by atoms with Crippen molar-refractivity contribution in [1.29, 1.82) is 0 Å². The quantitative estimate of drug-likeness (QED) is 0.466. The summed E-state index contributed by atoms with van der Waals surface area (Å²) in [7, 11) is 1.96. The number of benzene rings is 1. The Kier molecular flexibility index (Phi) is 7.92. The molecule has 0 N–H and O–H groups in total.